The van der Waals surface area contributed by atoms with E-state index in [0.29, 0.717) is 25.1 Å². The van der Waals surface area contributed by atoms with Gasteiger partial charge in [-0.25, -0.2) is 8.78 Å². The van der Waals surface area contributed by atoms with Crippen LogP contribution in [0.5, 0.6) is 11.5 Å². The molecule has 1 aliphatic rings. The third kappa shape index (κ3) is 6.54. The van der Waals surface area contributed by atoms with Gasteiger partial charge in [0.15, 0.2) is 11.6 Å². The molecule has 1 saturated heterocycles. The molecule has 6 nitrogen and oxygen atoms in total. The number of amides is 1. The Morgan fingerprint density at radius 1 is 1.11 bits per heavy atom. The molecule has 0 bridgehead atoms. The predicted octanol–water partition coefficient (Wildman–Crippen LogP) is 4.37. The zero-order valence-corrected chi connectivity index (χ0v) is 19.6. The highest BCUT2D eigenvalue weighted by molar-refractivity contribution is 5.79. The van der Waals surface area contributed by atoms with E-state index in [1.54, 1.807) is 13.3 Å². The van der Waals surface area contributed by atoms with E-state index in [1.807, 2.05) is 42.5 Å². The molecule has 2 heterocycles. The molecule has 1 atom stereocenters. The lowest BCUT2D eigenvalue weighted by Crippen LogP contribution is -2.43. The summed E-state index contributed by atoms with van der Waals surface area (Å²) in [5, 5.41) is 3.18. The fraction of sp³-hybridized carbons (Fsp3) is 0.333. The topological polar surface area (TPSA) is 63.7 Å². The number of hydrogen-bond acceptors (Lipinski definition) is 5. The number of ether oxygens (including phenoxy) is 2. The highest BCUT2D eigenvalue weighted by atomic mass is 19.1. The van der Waals surface area contributed by atoms with Gasteiger partial charge in [-0.3, -0.25) is 14.7 Å². The third-order valence-corrected chi connectivity index (χ3v) is 6.21. The molecule has 35 heavy (non-hydrogen) atoms. The number of hydrogen-bond donors (Lipinski definition) is 1. The van der Waals surface area contributed by atoms with Crippen LogP contribution < -0.4 is 14.8 Å². The number of nitrogens with zero attached hydrogens (tertiary/aromatic N) is 2. The van der Waals surface area contributed by atoms with Crippen molar-refractivity contribution >= 4 is 5.91 Å². The summed E-state index contributed by atoms with van der Waals surface area (Å²) in [5.74, 6) is -0.624. The highest BCUT2D eigenvalue weighted by Crippen LogP contribution is 2.26. The number of likely N-dealkylation sites (tertiary alicyclic amines) is 1. The Morgan fingerprint density at radius 2 is 1.94 bits per heavy atom. The molecule has 2 aromatic carbocycles. The van der Waals surface area contributed by atoms with Crippen molar-refractivity contribution in [1.82, 2.24) is 15.2 Å². The van der Waals surface area contributed by atoms with Gasteiger partial charge in [0, 0.05) is 24.7 Å². The minimum absolute atomic E-state index is 0.0128. The smallest absolute Gasteiger partial charge is 0.224 e. The van der Waals surface area contributed by atoms with Crippen LogP contribution in [-0.4, -0.2) is 49.1 Å². The minimum Gasteiger partial charge on any atom is -0.497 e. The molecule has 1 unspecified atom stereocenters. The molecule has 3 aromatic rings. The van der Waals surface area contributed by atoms with Crippen LogP contribution in [0.15, 0.2) is 66.9 Å². The lowest BCUT2D eigenvalue weighted by atomic mass is 9.94. The number of carbonyl (C=O) groups excluding carboxylic acids is 1. The number of aromatic nitrogens is 1. The van der Waals surface area contributed by atoms with Crippen LogP contribution in [0, 0.1) is 17.6 Å². The van der Waals surface area contributed by atoms with Crippen molar-refractivity contribution in [3.05, 3.63) is 89.8 Å². The van der Waals surface area contributed by atoms with E-state index >= 15 is 0 Å². The average Bonchev–Trinajstić information content (AvgIpc) is 2.90. The SMILES string of the molecule is COc1cccc(C(NC(=O)C2CCN(CCOc3cc(F)ccc3F)CC2)c2ccccn2)c1. The standard InChI is InChI=1S/C27H29F2N3O3/c1-34-22-6-4-5-20(17-22)26(24-7-2-3-12-30-24)31-27(33)19-10-13-32(14-11-19)15-16-35-25-18-21(28)8-9-23(25)29/h2-9,12,17-19,26H,10-11,13-16H2,1H3,(H,31,33). The first-order valence-electron chi connectivity index (χ1n) is 11.7. The maximum Gasteiger partial charge on any atom is 0.224 e. The molecular weight excluding hydrogens is 452 g/mol. The second-order valence-corrected chi connectivity index (χ2v) is 8.51. The van der Waals surface area contributed by atoms with Crippen LogP contribution in [0.3, 0.4) is 0 Å². The number of halogens is 2. The summed E-state index contributed by atoms with van der Waals surface area (Å²) in [4.78, 5) is 19.8. The summed E-state index contributed by atoms with van der Waals surface area (Å²) in [6.45, 7) is 2.26. The van der Waals surface area contributed by atoms with Crippen LogP contribution in [0.4, 0.5) is 8.78 Å². The summed E-state index contributed by atoms with van der Waals surface area (Å²) < 4.78 is 37.8. The zero-order valence-electron chi connectivity index (χ0n) is 19.6. The molecule has 1 aliphatic heterocycles. The van der Waals surface area contributed by atoms with Gasteiger partial charge in [-0.15, -0.1) is 0 Å². The molecule has 184 valence electrons. The van der Waals surface area contributed by atoms with Crippen molar-refractivity contribution in [3.8, 4) is 11.5 Å². The molecule has 4 rings (SSSR count). The summed E-state index contributed by atoms with van der Waals surface area (Å²) in [6.07, 6.45) is 3.12. The van der Waals surface area contributed by atoms with Gasteiger partial charge in [0.05, 0.1) is 18.8 Å². The molecule has 0 radical (unpaired) electrons. The maximum absolute atomic E-state index is 13.7. The van der Waals surface area contributed by atoms with E-state index in [1.165, 1.54) is 0 Å². The first kappa shape index (κ1) is 24.6. The van der Waals surface area contributed by atoms with Gasteiger partial charge >= 0.3 is 0 Å². The second-order valence-electron chi connectivity index (χ2n) is 8.51. The van der Waals surface area contributed by atoms with Crippen LogP contribution in [-0.2, 0) is 4.79 Å². The molecule has 1 amide bonds. The van der Waals surface area contributed by atoms with Gasteiger partial charge in [-0.05, 0) is 67.9 Å². The van der Waals surface area contributed by atoms with E-state index in [-0.39, 0.29) is 30.2 Å². The van der Waals surface area contributed by atoms with Gasteiger partial charge in [-0.1, -0.05) is 18.2 Å². The predicted molar refractivity (Wildman–Crippen MR) is 128 cm³/mol. The van der Waals surface area contributed by atoms with Gasteiger partial charge in [0.2, 0.25) is 5.91 Å². The molecule has 1 fully saturated rings. The molecule has 8 heteroatoms. The van der Waals surface area contributed by atoms with E-state index in [0.717, 1.165) is 42.5 Å². The summed E-state index contributed by atoms with van der Waals surface area (Å²) in [5.41, 5.74) is 1.66. The number of pyridine rings is 1. The molecule has 1 aromatic heterocycles. The van der Waals surface area contributed by atoms with Crippen LogP contribution in [0.2, 0.25) is 0 Å². The van der Waals surface area contributed by atoms with E-state index < -0.39 is 11.6 Å². The number of methoxy groups -OCH3 is 1. The fourth-order valence-corrected chi connectivity index (χ4v) is 4.25. The minimum atomic E-state index is -0.583. The van der Waals surface area contributed by atoms with Gasteiger partial charge in [-0.2, -0.15) is 0 Å². The third-order valence-electron chi connectivity index (χ3n) is 6.21. The fourth-order valence-electron chi connectivity index (χ4n) is 4.25. The normalized spacial score (nSPS) is 15.4. The number of carbonyl (C=O) groups is 1. The number of rotatable bonds is 9. The van der Waals surface area contributed by atoms with E-state index in [4.69, 9.17) is 9.47 Å². The largest absolute Gasteiger partial charge is 0.497 e. The Balaban J connectivity index is 1.32. The van der Waals surface area contributed by atoms with Gasteiger partial charge < -0.3 is 14.8 Å². The van der Waals surface area contributed by atoms with Crippen molar-refractivity contribution in [2.24, 2.45) is 5.92 Å². The Hall–Kier alpha value is -3.52. The first-order chi connectivity index (χ1) is 17.0. The Kier molecular flexibility index (Phi) is 8.26. The maximum atomic E-state index is 13.7. The molecule has 0 saturated carbocycles. The zero-order chi connectivity index (χ0) is 24.6. The van der Waals surface area contributed by atoms with Crippen molar-refractivity contribution in [2.45, 2.75) is 18.9 Å². The van der Waals surface area contributed by atoms with Gasteiger partial charge in [0.1, 0.15) is 18.2 Å². The monoisotopic (exact) mass is 481 g/mol. The summed E-state index contributed by atoms with van der Waals surface area (Å²) >= 11 is 0. The van der Waals surface area contributed by atoms with Crippen molar-refractivity contribution < 1.29 is 23.0 Å². The second kappa shape index (κ2) is 11.8. The van der Waals surface area contributed by atoms with Crippen molar-refractivity contribution in [3.63, 3.8) is 0 Å². The summed E-state index contributed by atoms with van der Waals surface area (Å²) in [7, 11) is 1.61. The Bertz CT molecular complexity index is 1120. The molecule has 0 spiro atoms. The van der Waals surface area contributed by atoms with Crippen molar-refractivity contribution in [1.29, 1.82) is 0 Å². The number of benzene rings is 2. The highest BCUT2D eigenvalue weighted by Gasteiger charge is 2.28. The molecule has 0 aliphatic carbocycles. The molecule has 1 N–H and O–H groups in total. The molecular formula is C27H29F2N3O3. The van der Waals surface area contributed by atoms with Crippen LogP contribution >= 0.6 is 0 Å². The Labute approximate surface area is 203 Å². The van der Waals surface area contributed by atoms with Crippen molar-refractivity contribution in [2.75, 3.05) is 33.4 Å². The quantitative estimate of drug-likeness (QED) is 0.492. The first-order valence-corrected chi connectivity index (χ1v) is 11.7. The van der Waals surface area contributed by atoms with Crippen LogP contribution in [0.25, 0.3) is 0 Å². The Morgan fingerprint density at radius 3 is 2.69 bits per heavy atom. The number of piperidine rings is 1. The van der Waals surface area contributed by atoms with Gasteiger partial charge in [0.25, 0.3) is 0 Å². The van der Waals surface area contributed by atoms with E-state index in [9.17, 15) is 13.6 Å². The average molecular weight is 482 g/mol. The van der Waals surface area contributed by atoms with Crippen LogP contribution in [0.1, 0.15) is 30.1 Å². The lowest BCUT2D eigenvalue weighted by Gasteiger charge is -2.32. The lowest BCUT2D eigenvalue weighted by molar-refractivity contribution is -0.127. The number of nitrogens with one attached hydrogen (secondary N) is 1. The summed E-state index contributed by atoms with van der Waals surface area (Å²) in [6, 6.07) is 16.0. The van der Waals surface area contributed by atoms with E-state index in [2.05, 4.69) is 15.2 Å².